The lowest BCUT2D eigenvalue weighted by Crippen LogP contribution is -2.13. The molecule has 0 spiro atoms. The minimum absolute atomic E-state index is 0.00545. The highest BCUT2D eigenvalue weighted by molar-refractivity contribution is 14.1. The predicted octanol–water partition coefficient (Wildman–Crippen LogP) is 4.72. The van der Waals surface area contributed by atoms with Gasteiger partial charge < -0.3 is 14.8 Å². The number of methoxy groups -OCH3 is 1. The van der Waals surface area contributed by atoms with Crippen molar-refractivity contribution in [2.75, 3.05) is 19.0 Å². The molecule has 1 amide bonds. The Balaban J connectivity index is 2.31. The third-order valence-electron chi connectivity index (χ3n) is 3.55. The number of anilines is 1. The number of carbonyl (C=O) groups excluding carboxylic acids is 1. The van der Waals surface area contributed by atoms with Crippen LogP contribution in [0.3, 0.4) is 0 Å². The van der Waals surface area contributed by atoms with Gasteiger partial charge in [-0.1, -0.05) is 24.8 Å². The lowest BCUT2D eigenvalue weighted by Gasteiger charge is -2.12. The standard InChI is InChI=1S/C21H19IN2O3/c1-4-8-27-20-18(22)11-15(12-19(20)26-3)10-16(13-23)21(25)24-17-7-5-6-14(2)9-17/h4-7,9-12H,1,8H2,2-3H3,(H,24,25)/b16-10-. The Morgan fingerprint density at radius 2 is 2.15 bits per heavy atom. The quantitative estimate of drug-likeness (QED) is 0.273. The summed E-state index contributed by atoms with van der Waals surface area (Å²) in [7, 11) is 1.54. The van der Waals surface area contributed by atoms with Crippen molar-refractivity contribution in [3.8, 4) is 17.6 Å². The molecule has 0 aliphatic rings. The summed E-state index contributed by atoms with van der Waals surface area (Å²) in [6, 6.07) is 12.9. The number of benzene rings is 2. The van der Waals surface area contributed by atoms with Crippen LogP contribution in [0.5, 0.6) is 11.5 Å². The first kappa shape index (κ1) is 20.5. The van der Waals surface area contributed by atoms with Gasteiger partial charge in [-0.15, -0.1) is 0 Å². The number of rotatable bonds is 7. The van der Waals surface area contributed by atoms with Crippen molar-refractivity contribution in [1.29, 1.82) is 5.26 Å². The molecule has 0 bridgehead atoms. The number of nitriles is 1. The maximum Gasteiger partial charge on any atom is 0.266 e. The van der Waals surface area contributed by atoms with Gasteiger partial charge in [0.05, 0.1) is 10.7 Å². The van der Waals surface area contributed by atoms with Crippen molar-refractivity contribution in [3.63, 3.8) is 0 Å². The molecule has 27 heavy (non-hydrogen) atoms. The maximum atomic E-state index is 12.4. The van der Waals surface area contributed by atoms with E-state index in [0.717, 1.165) is 9.13 Å². The normalized spacial score (nSPS) is 10.7. The van der Waals surface area contributed by atoms with Crippen LogP contribution in [-0.4, -0.2) is 19.6 Å². The molecular formula is C21H19IN2O3. The molecule has 0 radical (unpaired) electrons. The summed E-state index contributed by atoms with van der Waals surface area (Å²) in [6.45, 7) is 5.91. The lowest BCUT2D eigenvalue weighted by molar-refractivity contribution is -0.112. The molecular weight excluding hydrogens is 455 g/mol. The molecule has 0 aliphatic heterocycles. The van der Waals surface area contributed by atoms with Crippen LogP contribution in [0.15, 0.2) is 54.6 Å². The Labute approximate surface area is 172 Å². The Kier molecular flexibility index (Phi) is 7.44. The number of ether oxygens (including phenoxy) is 2. The predicted molar refractivity (Wildman–Crippen MR) is 115 cm³/mol. The first-order valence-electron chi connectivity index (χ1n) is 8.09. The van der Waals surface area contributed by atoms with Gasteiger partial charge in [-0.3, -0.25) is 4.79 Å². The van der Waals surface area contributed by atoms with Crippen LogP contribution >= 0.6 is 22.6 Å². The second-order valence-corrected chi connectivity index (χ2v) is 6.79. The first-order chi connectivity index (χ1) is 13.0. The van der Waals surface area contributed by atoms with Crippen molar-refractivity contribution in [3.05, 3.63) is 69.3 Å². The van der Waals surface area contributed by atoms with E-state index in [2.05, 4.69) is 34.5 Å². The van der Waals surface area contributed by atoms with Crippen LogP contribution < -0.4 is 14.8 Å². The molecule has 0 fully saturated rings. The zero-order valence-corrected chi connectivity index (χ0v) is 17.2. The van der Waals surface area contributed by atoms with Crippen LogP contribution in [0.25, 0.3) is 6.08 Å². The van der Waals surface area contributed by atoms with E-state index in [1.165, 1.54) is 13.2 Å². The van der Waals surface area contributed by atoms with Gasteiger partial charge >= 0.3 is 0 Å². The zero-order chi connectivity index (χ0) is 19.8. The molecule has 0 saturated carbocycles. The summed E-state index contributed by atoms with van der Waals surface area (Å²) in [5, 5.41) is 12.1. The molecule has 0 atom stereocenters. The van der Waals surface area contributed by atoms with Gasteiger partial charge in [0.2, 0.25) is 0 Å². The second-order valence-electron chi connectivity index (χ2n) is 5.63. The largest absolute Gasteiger partial charge is 0.493 e. The zero-order valence-electron chi connectivity index (χ0n) is 15.1. The minimum Gasteiger partial charge on any atom is -0.493 e. The second kappa shape index (κ2) is 9.78. The molecule has 0 aliphatic carbocycles. The van der Waals surface area contributed by atoms with Gasteiger partial charge in [-0.25, -0.2) is 0 Å². The molecule has 5 nitrogen and oxygen atoms in total. The van der Waals surface area contributed by atoms with Gasteiger partial charge in [0.1, 0.15) is 18.2 Å². The number of amides is 1. The van der Waals surface area contributed by atoms with Crippen molar-refractivity contribution in [2.45, 2.75) is 6.92 Å². The summed E-state index contributed by atoms with van der Waals surface area (Å²) in [4.78, 5) is 12.4. The highest BCUT2D eigenvalue weighted by Crippen LogP contribution is 2.34. The van der Waals surface area contributed by atoms with Gasteiger partial charge in [0.25, 0.3) is 5.91 Å². The topological polar surface area (TPSA) is 71.3 Å². The van der Waals surface area contributed by atoms with E-state index in [-0.39, 0.29) is 5.57 Å². The van der Waals surface area contributed by atoms with E-state index in [1.54, 1.807) is 18.2 Å². The fourth-order valence-corrected chi connectivity index (χ4v) is 3.12. The Bertz CT molecular complexity index is 930. The molecule has 2 aromatic carbocycles. The Morgan fingerprint density at radius 1 is 1.37 bits per heavy atom. The third-order valence-corrected chi connectivity index (χ3v) is 4.35. The molecule has 6 heteroatoms. The average Bonchev–Trinajstić information content (AvgIpc) is 2.64. The number of halogens is 1. The smallest absolute Gasteiger partial charge is 0.266 e. The Hall–Kier alpha value is -2.79. The molecule has 2 aromatic rings. The minimum atomic E-state index is -0.468. The fraction of sp³-hybridized carbons (Fsp3) is 0.143. The molecule has 1 N–H and O–H groups in total. The van der Waals surface area contributed by atoms with Gasteiger partial charge in [0, 0.05) is 5.69 Å². The van der Waals surface area contributed by atoms with Crippen molar-refractivity contribution in [1.82, 2.24) is 0 Å². The van der Waals surface area contributed by atoms with E-state index in [0.29, 0.717) is 29.4 Å². The highest BCUT2D eigenvalue weighted by atomic mass is 127. The van der Waals surface area contributed by atoms with E-state index in [9.17, 15) is 10.1 Å². The van der Waals surface area contributed by atoms with Crippen LogP contribution in [0.1, 0.15) is 11.1 Å². The van der Waals surface area contributed by atoms with Crippen molar-refractivity contribution in [2.24, 2.45) is 0 Å². The van der Waals surface area contributed by atoms with E-state index in [4.69, 9.17) is 9.47 Å². The maximum absolute atomic E-state index is 12.4. The van der Waals surface area contributed by atoms with Crippen molar-refractivity contribution >= 4 is 40.3 Å². The number of carbonyl (C=O) groups is 1. The summed E-state index contributed by atoms with van der Waals surface area (Å²) in [5.41, 5.74) is 2.32. The number of nitrogens with one attached hydrogen (secondary N) is 1. The number of hydrogen-bond acceptors (Lipinski definition) is 4. The van der Waals surface area contributed by atoms with Crippen LogP contribution in [0.2, 0.25) is 0 Å². The fourth-order valence-electron chi connectivity index (χ4n) is 2.34. The van der Waals surface area contributed by atoms with Gasteiger partial charge in [-0.05, 0) is 71.0 Å². The highest BCUT2D eigenvalue weighted by Gasteiger charge is 2.14. The summed E-state index contributed by atoms with van der Waals surface area (Å²) in [6.07, 6.45) is 3.17. The molecule has 0 saturated heterocycles. The molecule has 0 heterocycles. The first-order valence-corrected chi connectivity index (χ1v) is 9.17. The van der Waals surface area contributed by atoms with Crippen LogP contribution in [-0.2, 0) is 4.79 Å². The van der Waals surface area contributed by atoms with Gasteiger partial charge in [0.15, 0.2) is 11.5 Å². The molecule has 0 unspecified atom stereocenters. The SMILES string of the molecule is C=CCOc1c(I)cc(/C=C(/C#N)C(=O)Nc2cccc(C)c2)cc1OC. The van der Waals surface area contributed by atoms with E-state index < -0.39 is 5.91 Å². The summed E-state index contributed by atoms with van der Waals surface area (Å²) < 4.78 is 11.8. The van der Waals surface area contributed by atoms with Crippen molar-refractivity contribution < 1.29 is 14.3 Å². The molecule has 0 aromatic heterocycles. The summed E-state index contributed by atoms with van der Waals surface area (Å²) >= 11 is 2.12. The number of aryl methyl sites for hydroxylation is 1. The molecule has 2 rings (SSSR count). The number of hydrogen-bond donors (Lipinski definition) is 1. The third kappa shape index (κ3) is 5.59. The lowest BCUT2D eigenvalue weighted by atomic mass is 10.1. The van der Waals surface area contributed by atoms with Crippen LogP contribution in [0.4, 0.5) is 5.69 Å². The van der Waals surface area contributed by atoms with Gasteiger partial charge in [-0.2, -0.15) is 5.26 Å². The van der Waals surface area contributed by atoms with E-state index >= 15 is 0 Å². The number of nitrogens with zero attached hydrogens (tertiary/aromatic N) is 1. The van der Waals surface area contributed by atoms with Crippen LogP contribution in [0, 0.1) is 21.8 Å². The molecule has 138 valence electrons. The average molecular weight is 474 g/mol. The summed E-state index contributed by atoms with van der Waals surface area (Å²) in [5.74, 6) is 0.647. The van der Waals surface area contributed by atoms with E-state index in [1.807, 2.05) is 37.3 Å². The Morgan fingerprint density at radius 3 is 2.78 bits per heavy atom. The monoisotopic (exact) mass is 474 g/mol.